The number of nitrogen functional groups attached to an aromatic ring is 1. The van der Waals surface area contributed by atoms with Gasteiger partial charge in [0.15, 0.2) is 0 Å². The molecule has 112 valence electrons. The molecule has 0 aliphatic rings. The number of halogens is 2. The maximum absolute atomic E-state index is 13.6. The van der Waals surface area contributed by atoms with Gasteiger partial charge in [0.05, 0.1) is 12.8 Å². The van der Waals surface area contributed by atoms with Gasteiger partial charge in [0.25, 0.3) is 10.0 Å². The molecule has 2 aromatic rings. The number of sulfonamides is 1. The summed E-state index contributed by atoms with van der Waals surface area (Å²) >= 11 is 3.19. The van der Waals surface area contributed by atoms with E-state index in [9.17, 15) is 12.8 Å². The Balaban J connectivity index is 2.50. The summed E-state index contributed by atoms with van der Waals surface area (Å²) in [5.41, 5.74) is 5.77. The van der Waals surface area contributed by atoms with Gasteiger partial charge in [0, 0.05) is 10.2 Å². The normalized spacial score (nSPS) is 11.2. The molecule has 0 amide bonds. The van der Waals surface area contributed by atoms with Gasteiger partial charge < -0.3 is 10.5 Å². The second-order valence-corrected chi connectivity index (χ2v) is 6.62. The van der Waals surface area contributed by atoms with Gasteiger partial charge in [-0.05, 0) is 40.2 Å². The van der Waals surface area contributed by atoms with Crippen molar-refractivity contribution in [3.05, 3.63) is 46.7 Å². The van der Waals surface area contributed by atoms with Crippen LogP contribution in [0.1, 0.15) is 0 Å². The van der Waals surface area contributed by atoms with Gasteiger partial charge >= 0.3 is 0 Å². The van der Waals surface area contributed by atoms with E-state index >= 15 is 0 Å². The molecule has 8 heteroatoms. The fraction of sp³-hybridized carbons (Fsp3) is 0.0769. The molecule has 0 saturated heterocycles. The van der Waals surface area contributed by atoms with E-state index in [0.717, 1.165) is 6.07 Å². The molecular weight excluding hydrogens is 363 g/mol. The van der Waals surface area contributed by atoms with Crippen LogP contribution in [-0.4, -0.2) is 15.5 Å². The third-order valence-corrected chi connectivity index (χ3v) is 4.76. The van der Waals surface area contributed by atoms with Gasteiger partial charge in [0.2, 0.25) is 0 Å². The number of ether oxygens (including phenoxy) is 1. The number of hydrogen-bond donors (Lipinski definition) is 2. The first-order valence-electron chi connectivity index (χ1n) is 5.75. The first-order valence-corrected chi connectivity index (χ1v) is 8.03. The summed E-state index contributed by atoms with van der Waals surface area (Å²) in [7, 11) is -2.70. The van der Waals surface area contributed by atoms with Crippen LogP contribution in [0.5, 0.6) is 5.75 Å². The molecule has 0 fully saturated rings. The fourth-order valence-corrected chi connectivity index (χ4v) is 3.24. The van der Waals surface area contributed by atoms with Crippen LogP contribution in [0.4, 0.5) is 15.8 Å². The maximum atomic E-state index is 13.6. The minimum absolute atomic E-state index is 0.0971. The number of benzene rings is 2. The topological polar surface area (TPSA) is 81.4 Å². The summed E-state index contributed by atoms with van der Waals surface area (Å²) < 4.78 is 46.0. The molecule has 0 spiro atoms. The summed E-state index contributed by atoms with van der Waals surface area (Å²) in [6.07, 6.45) is 0. The van der Waals surface area contributed by atoms with Crippen LogP contribution in [0.2, 0.25) is 0 Å². The van der Waals surface area contributed by atoms with E-state index in [2.05, 4.69) is 20.7 Å². The Morgan fingerprint density at radius 3 is 2.57 bits per heavy atom. The molecule has 5 nitrogen and oxygen atoms in total. The highest BCUT2D eigenvalue weighted by Crippen LogP contribution is 2.33. The molecule has 21 heavy (non-hydrogen) atoms. The van der Waals surface area contributed by atoms with E-state index in [1.165, 1.54) is 37.4 Å². The van der Waals surface area contributed by atoms with Crippen LogP contribution in [-0.2, 0) is 10.0 Å². The Morgan fingerprint density at radius 1 is 1.29 bits per heavy atom. The minimum atomic E-state index is -4.03. The van der Waals surface area contributed by atoms with Gasteiger partial charge in [-0.15, -0.1) is 0 Å². The van der Waals surface area contributed by atoms with Gasteiger partial charge in [0.1, 0.15) is 16.5 Å². The molecule has 2 rings (SSSR count). The first kappa shape index (κ1) is 15.6. The van der Waals surface area contributed by atoms with E-state index < -0.39 is 15.8 Å². The number of methoxy groups -OCH3 is 1. The second-order valence-electron chi connectivity index (χ2n) is 4.11. The number of nitrogens with one attached hydrogen (secondary N) is 1. The average Bonchev–Trinajstić information content (AvgIpc) is 2.43. The highest BCUT2D eigenvalue weighted by atomic mass is 79.9. The lowest BCUT2D eigenvalue weighted by Crippen LogP contribution is -2.15. The van der Waals surface area contributed by atoms with Crippen molar-refractivity contribution >= 4 is 37.3 Å². The average molecular weight is 375 g/mol. The van der Waals surface area contributed by atoms with Gasteiger partial charge in [-0.3, -0.25) is 4.72 Å². The smallest absolute Gasteiger partial charge is 0.265 e. The molecule has 0 heterocycles. The molecule has 0 bridgehead atoms. The molecule has 3 N–H and O–H groups in total. The molecule has 0 aliphatic heterocycles. The summed E-state index contributed by atoms with van der Waals surface area (Å²) in [4.78, 5) is -0.172. The number of nitrogens with two attached hydrogens (primary N) is 1. The van der Waals surface area contributed by atoms with E-state index in [1.54, 1.807) is 0 Å². The molecule has 0 aliphatic carbocycles. The molecule has 0 atom stereocenters. The monoisotopic (exact) mass is 374 g/mol. The standard InChI is InChI=1S/C13H12BrFN2O3S/c1-20-12-6-8(14)10(16)7-13(12)21(18,19)17-11-5-3-2-4-9(11)15/h2-7,17H,16H2,1H3. The predicted octanol–water partition coefficient (Wildman–Crippen LogP) is 2.98. The number of rotatable bonds is 4. The summed E-state index contributed by atoms with van der Waals surface area (Å²) in [5.74, 6) is -0.579. The van der Waals surface area contributed by atoms with Crippen LogP contribution in [0, 0.1) is 5.82 Å². The zero-order valence-corrected chi connectivity index (χ0v) is 13.3. The Labute approximate surface area is 130 Å². The van der Waals surface area contributed by atoms with Crippen molar-refractivity contribution in [1.29, 1.82) is 0 Å². The Kier molecular flexibility index (Phi) is 4.38. The zero-order valence-electron chi connectivity index (χ0n) is 10.9. The fourth-order valence-electron chi connectivity index (χ4n) is 1.66. The lowest BCUT2D eigenvalue weighted by Gasteiger charge is -2.13. The largest absolute Gasteiger partial charge is 0.495 e. The van der Waals surface area contributed by atoms with E-state index in [1.807, 2.05) is 0 Å². The molecule has 2 aromatic carbocycles. The number of para-hydroxylation sites is 1. The number of hydrogen-bond acceptors (Lipinski definition) is 4. The molecule has 0 aromatic heterocycles. The summed E-state index contributed by atoms with van der Waals surface area (Å²) in [6.45, 7) is 0. The van der Waals surface area contributed by atoms with Gasteiger partial charge in [-0.2, -0.15) is 0 Å². The zero-order chi connectivity index (χ0) is 15.6. The molecule has 0 unspecified atom stereocenters. The first-order chi connectivity index (χ1) is 9.85. The lowest BCUT2D eigenvalue weighted by atomic mass is 10.3. The Bertz CT molecular complexity index is 781. The van der Waals surface area contributed by atoms with Gasteiger partial charge in [-0.1, -0.05) is 12.1 Å². The quantitative estimate of drug-likeness (QED) is 0.806. The van der Waals surface area contributed by atoms with Crippen LogP contribution in [0.3, 0.4) is 0 Å². The molecule has 0 saturated carbocycles. The lowest BCUT2D eigenvalue weighted by molar-refractivity contribution is 0.402. The van der Waals surface area contributed by atoms with Crippen LogP contribution in [0.15, 0.2) is 45.8 Å². The van der Waals surface area contributed by atoms with E-state index in [4.69, 9.17) is 10.5 Å². The summed E-state index contributed by atoms with van der Waals surface area (Å²) in [5, 5.41) is 0. The van der Waals surface area contributed by atoms with Crippen LogP contribution in [0.25, 0.3) is 0 Å². The van der Waals surface area contributed by atoms with Crippen molar-refractivity contribution in [3.63, 3.8) is 0 Å². The maximum Gasteiger partial charge on any atom is 0.265 e. The van der Waals surface area contributed by atoms with Crippen LogP contribution < -0.4 is 15.2 Å². The van der Waals surface area contributed by atoms with Crippen molar-refractivity contribution < 1.29 is 17.5 Å². The third-order valence-electron chi connectivity index (χ3n) is 2.69. The molecular formula is C13H12BrFN2O3S. The highest BCUT2D eigenvalue weighted by molar-refractivity contribution is 9.10. The molecule has 0 radical (unpaired) electrons. The summed E-state index contributed by atoms with van der Waals surface area (Å²) in [6, 6.07) is 8.14. The minimum Gasteiger partial charge on any atom is -0.495 e. The van der Waals surface area contributed by atoms with Crippen LogP contribution >= 0.6 is 15.9 Å². The van der Waals surface area contributed by atoms with E-state index in [-0.39, 0.29) is 22.0 Å². The van der Waals surface area contributed by atoms with Crippen molar-refractivity contribution in [3.8, 4) is 5.75 Å². The van der Waals surface area contributed by atoms with Gasteiger partial charge in [-0.25, -0.2) is 12.8 Å². The predicted molar refractivity (Wildman–Crippen MR) is 82.3 cm³/mol. The second kappa shape index (κ2) is 5.90. The SMILES string of the molecule is COc1cc(Br)c(N)cc1S(=O)(=O)Nc1ccccc1F. The van der Waals surface area contributed by atoms with Crippen molar-refractivity contribution in [2.45, 2.75) is 4.90 Å². The van der Waals surface area contributed by atoms with Crippen molar-refractivity contribution in [1.82, 2.24) is 0 Å². The number of anilines is 2. The Hall–Kier alpha value is -1.80. The van der Waals surface area contributed by atoms with Crippen molar-refractivity contribution in [2.24, 2.45) is 0 Å². The highest BCUT2D eigenvalue weighted by Gasteiger charge is 2.22. The van der Waals surface area contributed by atoms with E-state index in [0.29, 0.717) is 4.47 Å². The Morgan fingerprint density at radius 2 is 1.95 bits per heavy atom. The van der Waals surface area contributed by atoms with Crippen molar-refractivity contribution in [2.75, 3.05) is 17.6 Å². The third kappa shape index (κ3) is 3.27.